The second kappa shape index (κ2) is 16.9. The van der Waals surface area contributed by atoms with E-state index in [1.807, 2.05) is 6.20 Å². The third kappa shape index (κ3) is 9.30. The van der Waals surface area contributed by atoms with Gasteiger partial charge in [0, 0.05) is 64.2 Å². The van der Waals surface area contributed by atoms with Crippen LogP contribution in [0.2, 0.25) is 0 Å². The first kappa shape index (κ1) is 33.1. The lowest BCUT2D eigenvalue weighted by Crippen LogP contribution is -2.40. The van der Waals surface area contributed by atoms with E-state index in [1.165, 1.54) is 48.1 Å². The number of aliphatic hydroxyl groups excluding tert-OH is 1. The van der Waals surface area contributed by atoms with E-state index in [0.29, 0.717) is 0 Å². The second-order valence-corrected chi connectivity index (χ2v) is 12.5. The minimum atomic E-state index is -0.414. The largest absolute Gasteiger partial charge is 0.498 e. The summed E-state index contributed by atoms with van der Waals surface area (Å²) in [4.78, 5) is 4.55. The fourth-order valence-electron chi connectivity index (χ4n) is 6.55. The number of allylic oxidation sites excluding steroid dienone is 3. The molecule has 0 amide bonds. The average molecular weight is 566 g/mol. The zero-order valence-corrected chi connectivity index (χ0v) is 27.1. The van der Waals surface area contributed by atoms with Crippen molar-refractivity contribution in [3.63, 3.8) is 0 Å². The fraction of sp³-hybridized carbons (Fsp3) is 0.667. The summed E-state index contributed by atoms with van der Waals surface area (Å²) in [6.45, 7) is 13.0. The van der Waals surface area contributed by atoms with Gasteiger partial charge in [-0.15, -0.1) is 0 Å². The molecule has 0 saturated carbocycles. The van der Waals surface area contributed by atoms with E-state index < -0.39 is 6.10 Å². The van der Waals surface area contributed by atoms with Gasteiger partial charge in [0.25, 0.3) is 0 Å². The lowest BCUT2D eigenvalue weighted by Gasteiger charge is -2.43. The molecule has 0 bridgehead atoms. The van der Waals surface area contributed by atoms with Crippen LogP contribution in [0, 0.1) is 12.3 Å². The van der Waals surface area contributed by atoms with E-state index in [-0.39, 0.29) is 11.3 Å². The summed E-state index contributed by atoms with van der Waals surface area (Å²) >= 11 is 0. The summed E-state index contributed by atoms with van der Waals surface area (Å²) in [5, 5.41) is 15.7. The molecule has 1 heterocycles. The second-order valence-electron chi connectivity index (χ2n) is 12.5. The van der Waals surface area contributed by atoms with Gasteiger partial charge in [-0.2, -0.15) is 0 Å². The maximum absolute atomic E-state index is 12.5. The zero-order valence-electron chi connectivity index (χ0n) is 27.1. The van der Waals surface area contributed by atoms with E-state index in [9.17, 15) is 5.11 Å². The summed E-state index contributed by atoms with van der Waals surface area (Å²) in [7, 11) is 4.21. The number of nitrogens with zero attached hydrogens (tertiary/aromatic N) is 2. The average Bonchev–Trinajstić information content (AvgIpc) is 2.99. The van der Waals surface area contributed by atoms with Crippen LogP contribution < -0.4 is 10.2 Å². The van der Waals surface area contributed by atoms with Crippen LogP contribution in [0.15, 0.2) is 54.1 Å². The van der Waals surface area contributed by atoms with Crippen molar-refractivity contribution < 1.29 is 9.84 Å². The predicted molar refractivity (Wildman–Crippen MR) is 175 cm³/mol. The van der Waals surface area contributed by atoms with Crippen LogP contribution in [-0.4, -0.2) is 56.4 Å². The Hall–Kier alpha value is -2.40. The first-order chi connectivity index (χ1) is 19.8. The summed E-state index contributed by atoms with van der Waals surface area (Å²) in [6.07, 6.45) is 20.1. The minimum absolute atomic E-state index is 0.00607. The van der Waals surface area contributed by atoms with Gasteiger partial charge in [-0.25, -0.2) is 0 Å². The Morgan fingerprint density at radius 3 is 2.37 bits per heavy atom. The molecule has 1 aromatic carbocycles. The molecule has 2 atom stereocenters. The predicted octanol–water partition coefficient (Wildman–Crippen LogP) is 8.06. The highest BCUT2D eigenvalue weighted by Gasteiger charge is 2.42. The molecule has 2 aliphatic rings. The number of unbranched alkanes of at least 4 members (excludes halogenated alkanes) is 3. The van der Waals surface area contributed by atoms with Gasteiger partial charge in [-0.1, -0.05) is 64.2 Å². The minimum Gasteiger partial charge on any atom is -0.498 e. The van der Waals surface area contributed by atoms with E-state index >= 15 is 0 Å². The number of benzene rings is 1. The normalized spacial score (nSPS) is 17.0. The van der Waals surface area contributed by atoms with Gasteiger partial charge in [-0.3, -0.25) is 0 Å². The zero-order chi connectivity index (χ0) is 29.7. The Bertz CT molecular complexity index is 1000. The molecule has 1 aliphatic carbocycles. The van der Waals surface area contributed by atoms with Gasteiger partial charge in [0.15, 0.2) is 0 Å². The van der Waals surface area contributed by atoms with Crippen LogP contribution >= 0.6 is 0 Å². The quantitative estimate of drug-likeness (QED) is 0.176. The van der Waals surface area contributed by atoms with E-state index in [2.05, 4.69) is 93.5 Å². The highest BCUT2D eigenvalue weighted by molar-refractivity contribution is 5.53. The van der Waals surface area contributed by atoms with Crippen molar-refractivity contribution in [1.82, 2.24) is 10.2 Å². The van der Waals surface area contributed by atoms with Crippen LogP contribution in [0.1, 0.15) is 108 Å². The van der Waals surface area contributed by atoms with Crippen molar-refractivity contribution in [3.05, 3.63) is 65.2 Å². The lowest BCUT2D eigenvalue weighted by molar-refractivity contribution is -0.00863. The highest BCUT2D eigenvalue weighted by atomic mass is 16.5. The summed E-state index contributed by atoms with van der Waals surface area (Å²) in [5.74, 6) is 1.08. The first-order valence-corrected chi connectivity index (χ1v) is 16.5. The molecule has 2 N–H and O–H groups in total. The third-order valence-corrected chi connectivity index (χ3v) is 9.43. The molecule has 0 aromatic heterocycles. The molecule has 0 radical (unpaired) electrons. The van der Waals surface area contributed by atoms with Gasteiger partial charge < -0.3 is 25.0 Å². The molecule has 1 aliphatic heterocycles. The Morgan fingerprint density at radius 2 is 1.78 bits per heavy atom. The number of nitrogens with one attached hydrogen (secondary N) is 1. The van der Waals surface area contributed by atoms with Crippen LogP contribution in [0.5, 0.6) is 0 Å². The Balaban J connectivity index is 1.83. The number of ether oxygens (including phenoxy) is 1. The third-order valence-electron chi connectivity index (χ3n) is 9.43. The number of hydrogen-bond acceptors (Lipinski definition) is 5. The Morgan fingerprint density at radius 1 is 1.02 bits per heavy atom. The van der Waals surface area contributed by atoms with Crippen LogP contribution in [0.3, 0.4) is 0 Å². The smallest absolute Gasteiger partial charge is 0.0962 e. The SMILES string of the molecule is CCCCC(CC)(CCCC)[C@H](O)[C@H](C1=CC=C(OCCCCN2C=CNCC2)CC1)c1cc(N(C)C)ccc1C. The van der Waals surface area contributed by atoms with Crippen molar-refractivity contribution in [2.75, 3.05) is 45.2 Å². The summed E-state index contributed by atoms with van der Waals surface area (Å²) in [5.41, 5.74) is 5.01. The van der Waals surface area contributed by atoms with Crippen LogP contribution in [0.25, 0.3) is 0 Å². The van der Waals surface area contributed by atoms with E-state index in [4.69, 9.17) is 4.74 Å². The van der Waals surface area contributed by atoms with Crippen molar-refractivity contribution in [3.8, 4) is 0 Å². The molecular formula is C36H59N3O2. The molecule has 41 heavy (non-hydrogen) atoms. The summed E-state index contributed by atoms with van der Waals surface area (Å²) < 4.78 is 6.23. The topological polar surface area (TPSA) is 48.0 Å². The van der Waals surface area contributed by atoms with Crippen molar-refractivity contribution >= 4 is 5.69 Å². The van der Waals surface area contributed by atoms with E-state index in [0.717, 1.165) is 76.9 Å². The van der Waals surface area contributed by atoms with Crippen molar-refractivity contribution in [2.24, 2.45) is 5.41 Å². The lowest BCUT2D eigenvalue weighted by atomic mass is 9.64. The molecule has 1 aromatic rings. The number of hydrogen-bond donors (Lipinski definition) is 2. The summed E-state index contributed by atoms with van der Waals surface area (Å²) in [6, 6.07) is 6.76. The van der Waals surface area contributed by atoms with Gasteiger partial charge in [0.1, 0.15) is 0 Å². The van der Waals surface area contributed by atoms with Gasteiger partial charge in [0.2, 0.25) is 0 Å². The van der Waals surface area contributed by atoms with Crippen molar-refractivity contribution in [2.45, 2.75) is 110 Å². The van der Waals surface area contributed by atoms with Gasteiger partial charge in [0.05, 0.1) is 18.5 Å². The maximum Gasteiger partial charge on any atom is 0.0962 e. The molecule has 3 rings (SSSR count). The monoisotopic (exact) mass is 565 g/mol. The number of anilines is 1. The van der Waals surface area contributed by atoms with Crippen LogP contribution in [-0.2, 0) is 4.74 Å². The molecule has 0 fully saturated rings. The van der Waals surface area contributed by atoms with Gasteiger partial charge >= 0.3 is 0 Å². The van der Waals surface area contributed by atoms with Crippen molar-refractivity contribution in [1.29, 1.82) is 0 Å². The first-order valence-electron chi connectivity index (χ1n) is 16.5. The molecule has 230 valence electrons. The molecular weight excluding hydrogens is 506 g/mol. The number of rotatable bonds is 18. The molecule has 5 heteroatoms. The van der Waals surface area contributed by atoms with Gasteiger partial charge in [-0.05, 0) is 80.2 Å². The molecule has 0 unspecified atom stereocenters. The highest BCUT2D eigenvalue weighted by Crippen LogP contribution is 2.48. The number of aliphatic hydroxyl groups is 1. The van der Waals surface area contributed by atoms with Crippen LogP contribution in [0.4, 0.5) is 5.69 Å². The van der Waals surface area contributed by atoms with E-state index in [1.54, 1.807) is 0 Å². The Labute approximate surface area is 251 Å². The molecule has 0 spiro atoms. The standard InChI is InChI=1S/C36H59N3O2/c1-7-10-20-36(9-3,21-11-8-2)35(40)34(33-28-31(38(5)6)17-14-29(33)4)30-15-18-32(19-16-30)41-27-13-12-24-39-25-22-37-23-26-39/h14-15,17-18,22,25,28,34-35,37,40H,7-13,16,19-21,23-24,26-27H2,1-6H3/t34-,35-/m1/s1. The fourth-order valence-corrected chi connectivity index (χ4v) is 6.55. The maximum atomic E-state index is 12.5. The number of aryl methyl sites for hydroxylation is 1. The molecule has 5 nitrogen and oxygen atoms in total. The Kier molecular flexibility index (Phi) is 13.6. The molecule has 0 saturated heterocycles.